The van der Waals surface area contributed by atoms with Gasteiger partial charge in [-0.05, 0) is 25.5 Å². The second kappa shape index (κ2) is 6.20. The van der Waals surface area contributed by atoms with Crippen LogP contribution in [0.4, 0.5) is 11.8 Å². The Morgan fingerprint density at radius 2 is 2.05 bits per heavy atom. The first-order chi connectivity index (χ1) is 10.0. The van der Waals surface area contributed by atoms with Crippen molar-refractivity contribution in [3.05, 3.63) is 35.4 Å². The van der Waals surface area contributed by atoms with Crippen LogP contribution in [0.3, 0.4) is 0 Å². The molecule has 0 atom stereocenters. The number of nitrogens with zero attached hydrogens (tertiary/aromatic N) is 3. The van der Waals surface area contributed by atoms with Gasteiger partial charge in [-0.2, -0.15) is 10.2 Å². The molecule has 2 aromatic rings. The third kappa shape index (κ3) is 3.46. The van der Waals surface area contributed by atoms with Crippen LogP contribution in [-0.2, 0) is 11.3 Å². The van der Waals surface area contributed by atoms with Gasteiger partial charge in [-0.3, -0.25) is 0 Å². The Kier molecular flexibility index (Phi) is 4.36. The van der Waals surface area contributed by atoms with Gasteiger partial charge in [-0.25, -0.2) is 4.98 Å². The van der Waals surface area contributed by atoms with Crippen molar-refractivity contribution in [3.63, 3.8) is 0 Å². The molecule has 21 heavy (non-hydrogen) atoms. The van der Waals surface area contributed by atoms with E-state index in [-0.39, 0.29) is 23.4 Å². The van der Waals surface area contributed by atoms with E-state index in [1.807, 2.05) is 44.2 Å². The Bertz CT molecular complexity index is 691. The molecule has 0 bridgehead atoms. The minimum Gasteiger partial charge on any atom is -0.382 e. The fourth-order valence-corrected chi connectivity index (χ4v) is 1.89. The Labute approximate surface area is 123 Å². The van der Waals surface area contributed by atoms with E-state index < -0.39 is 0 Å². The number of anilines is 2. The maximum atomic E-state index is 9.22. The molecule has 1 heterocycles. The SMILES string of the molecule is CC(C)OCc1cccc(-c2nc(N)nc(N)c2C#N)c1. The third-order valence-corrected chi connectivity index (χ3v) is 2.85. The van der Waals surface area contributed by atoms with Crippen molar-refractivity contribution >= 4 is 11.8 Å². The highest BCUT2D eigenvalue weighted by Gasteiger charge is 2.13. The van der Waals surface area contributed by atoms with E-state index in [1.165, 1.54) is 0 Å². The van der Waals surface area contributed by atoms with E-state index in [1.54, 1.807) is 0 Å². The van der Waals surface area contributed by atoms with E-state index in [0.29, 0.717) is 12.3 Å². The molecule has 0 unspecified atom stereocenters. The molecule has 0 amide bonds. The summed E-state index contributed by atoms with van der Waals surface area (Å²) in [7, 11) is 0. The number of aromatic nitrogens is 2. The van der Waals surface area contributed by atoms with Crippen LogP contribution in [0.2, 0.25) is 0 Å². The summed E-state index contributed by atoms with van der Waals surface area (Å²) >= 11 is 0. The number of nitrogens with two attached hydrogens (primary N) is 2. The second-order valence-electron chi connectivity index (χ2n) is 4.86. The summed E-state index contributed by atoms with van der Waals surface area (Å²) in [6.07, 6.45) is 0.147. The molecule has 4 N–H and O–H groups in total. The first kappa shape index (κ1) is 14.8. The van der Waals surface area contributed by atoms with Gasteiger partial charge in [0.25, 0.3) is 0 Å². The Balaban J connectivity index is 2.43. The minimum absolute atomic E-state index is 0.0466. The van der Waals surface area contributed by atoms with Gasteiger partial charge in [0.1, 0.15) is 17.5 Å². The summed E-state index contributed by atoms with van der Waals surface area (Å²) < 4.78 is 5.58. The second-order valence-corrected chi connectivity index (χ2v) is 4.86. The summed E-state index contributed by atoms with van der Waals surface area (Å²) in [6.45, 7) is 4.44. The molecule has 108 valence electrons. The average Bonchev–Trinajstić information content (AvgIpc) is 2.44. The van der Waals surface area contributed by atoms with Gasteiger partial charge in [0.15, 0.2) is 0 Å². The predicted octanol–water partition coefficient (Wildman–Crippen LogP) is 2.10. The molecule has 0 saturated heterocycles. The molecule has 0 aliphatic carbocycles. The van der Waals surface area contributed by atoms with Crippen molar-refractivity contribution in [1.29, 1.82) is 5.26 Å². The first-order valence-corrected chi connectivity index (χ1v) is 6.55. The number of nitriles is 1. The standard InChI is InChI=1S/C15H17N5O/c1-9(2)21-8-10-4-3-5-11(6-10)13-12(7-16)14(17)20-15(18)19-13/h3-6,9H,8H2,1-2H3,(H4,17,18,19,20). The largest absolute Gasteiger partial charge is 0.382 e. The normalized spacial score (nSPS) is 10.6. The summed E-state index contributed by atoms with van der Waals surface area (Å²) in [6, 6.07) is 9.61. The first-order valence-electron chi connectivity index (χ1n) is 6.55. The number of nitrogen functional groups attached to an aromatic ring is 2. The molecule has 0 aliphatic heterocycles. The fourth-order valence-electron chi connectivity index (χ4n) is 1.89. The lowest BCUT2D eigenvalue weighted by Crippen LogP contribution is -2.05. The third-order valence-electron chi connectivity index (χ3n) is 2.85. The maximum Gasteiger partial charge on any atom is 0.222 e. The van der Waals surface area contributed by atoms with Crippen LogP contribution < -0.4 is 11.5 Å². The van der Waals surface area contributed by atoms with Crippen LogP contribution >= 0.6 is 0 Å². The molecule has 1 aromatic heterocycles. The molecule has 6 heteroatoms. The van der Waals surface area contributed by atoms with Crippen molar-refractivity contribution in [2.75, 3.05) is 11.5 Å². The lowest BCUT2D eigenvalue weighted by Gasteiger charge is -2.10. The minimum atomic E-state index is 0.0466. The Hall–Kier alpha value is -2.65. The van der Waals surface area contributed by atoms with Crippen LogP contribution in [0.5, 0.6) is 0 Å². The zero-order valence-electron chi connectivity index (χ0n) is 12.0. The zero-order chi connectivity index (χ0) is 15.4. The van der Waals surface area contributed by atoms with Crippen molar-refractivity contribution in [2.45, 2.75) is 26.6 Å². The van der Waals surface area contributed by atoms with Crippen LogP contribution in [0.15, 0.2) is 24.3 Å². The quantitative estimate of drug-likeness (QED) is 0.888. The lowest BCUT2D eigenvalue weighted by atomic mass is 10.0. The van der Waals surface area contributed by atoms with Crippen molar-refractivity contribution in [1.82, 2.24) is 9.97 Å². The monoisotopic (exact) mass is 283 g/mol. The van der Waals surface area contributed by atoms with Gasteiger partial charge in [-0.1, -0.05) is 18.2 Å². The van der Waals surface area contributed by atoms with Gasteiger partial charge in [0, 0.05) is 5.56 Å². The summed E-state index contributed by atoms with van der Waals surface area (Å²) in [4.78, 5) is 7.94. The highest BCUT2D eigenvalue weighted by atomic mass is 16.5. The topological polar surface area (TPSA) is 111 Å². The highest BCUT2D eigenvalue weighted by Crippen LogP contribution is 2.26. The molecule has 6 nitrogen and oxygen atoms in total. The van der Waals surface area contributed by atoms with Gasteiger partial charge >= 0.3 is 0 Å². The van der Waals surface area contributed by atoms with Crippen molar-refractivity contribution in [2.24, 2.45) is 0 Å². The van der Waals surface area contributed by atoms with Gasteiger partial charge < -0.3 is 16.2 Å². The fraction of sp³-hybridized carbons (Fsp3) is 0.267. The summed E-state index contributed by atoms with van der Waals surface area (Å²) in [5.41, 5.74) is 13.8. The molecule has 0 saturated carbocycles. The number of benzene rings is 1. The number of ether oxygens (including phenoxy) is 1. The molecule has 1 aromatic carbocycles. The van der Waals surface area contributed by atoms with Crippen LogP contribution in [0.1, 0.15) is 25.0 Å². The van der Waals surface area contributed by atoms with Crippen molar-refractivity contribution < 1.29 is 4.74 Å². The summed E-state index contributed by atoms with van der Waals surface area (Å²) in [5, 5.41) is 9.22. The lowest BCUT2D eigenvalue weighted by molar-refractivity contribution is 0.0657. The van der Waals surface area contributed by atoms with E-state index in [0.717, 1.165) is 11.1 Å². The predicted molar refractivity (Wildman–Crippen MR) is 80.9 cm³/mol. The maximum absolute atomic E-state index is 9.22. The van der Waals surface area contributed by atoms with Gasteiger partial charge in [0.2, 0.25) is 5.95 Å². The molecule has 2 rings (SSSR count). The van der Waals surface area contributed by atoms with Gasteiger partial charge in [-0.15, -0.1) is 0 Å². The number of hydrogen-bond donors (Lipinski definition) is 2. The highest BCUT2D eigenvalue weighted by molar-refractivity contribution is 5.73. The zero-order valence-corrected chi connectivity index (χ0v) is 12.0. The molecular formula is C15H17N5O. The number of rotatable bonds is 4. The number of hydrogen-bond acceptors (Lipinski definition) is 6. The molecule has 0 fully saturated rings. The smallest absolute Gasteiger partial charge is 0.222 e. The van der Waals surface area contributed by atoms with Crippen LogP contribution in [0.25, 0.3) is 11.3 Å². The van der Waals surface area contributed by atoms with E-state index in [2.05, 4.69) is 9.97 Å². The van der Waals surface area contributed by atoms with Crippen LogP contribution in [-0.4, -0.2) is 16.1 Å². The Morgan fingerprint density at radius 3 is 2.71 bits per heavy atom. The molecular weight excluding hydrogens is 266 g/mol. The van der Waals surface area contributed by atoms with E-state index >= 15 is 0 Å². The summed E-state index contributed by atoms with van der Waals surface area (Å²) in [5.74, 6) is 0.133. The molecule has 0 radical (unpaired) electrons. The van der Waals surface area contributed by atoms with Crippen molar-refractivity contribution in [3.8, 4) is 17.3 Å². The molecule has 0 aliphatic rings. The van der Waals surface area contributed by atoms with Gasteiger partial charge in [0.05, 0.1) is 18.4 Å². The Morgan fingerprint density at radius 1 is 1.29 bits per heavy atom. The van der Waals surface area contributed by atoms with E-state index in [9.17, 15) is 5.26 Å². The van der Waals surface area contributed by atoms with E-state index in [4.69, 9.17) is 16.2 Å². The molecule has 0 spiro atoms. The average molecular weight is 283 g/mol. The van der Waals surface area contributed by atoms with Crippen LogP contribution in [0, 0.1) is 11.3 Å².